The molecular formula is C8H19NO3. The first-order valence-electron chi connectivity index (χ1n) is 4.35. The molecule has 4 nitrogen and oxygen atoms in total. The number of aliphatic hydroxyl groups excluding tert-OH is 1. The lowest BCUT2D eigenvalue weighted by Gasteiger charge is -2.07. The van der Waals surface area contributed by atoms with E-state index in [1.807, 2.05) is 6.92 Å². The van der Waals surface area contributed by atoms with Gasteiger partial charge in [0.15, 0.2) is 6.29 Å². The van der Waals surface area contributed by atoms with Crippen LogP contribution in [0.3, 0.4) is 0 Å². The van der Waals surface area contributed by atoms with Crippen LogP contribution in [0.15, 0.2) is 0 Å². The van der Waals surface area contributed by atoms with Crippen molar-refractivity contribution in [1.82, 2.24) is 5.32 Å². The lowest BCUT2D eigenvalue weighted by atomic mass is 10.6. The average molecular weight is 177 g/mol. The van der Waals surface area contributed by atoms with Gasteiger partial charge in [-0.2, -0.15) is 0 Å². The van der Waals surface area contributed by atoms with Gasteiger partial charge in [0, 0.05) is 19.7 Å². The highest BCUT2D eigenvalue weighted by Crippen LogP contribution is 1.80. The number of hydrogen-bond donors (Lipinski definition) is 2. The predicted molar refractivity (Wildman–Crippen MR) is 47.0 cm³/mol. The Bertz CT molecular complexity index is 88.4. The summed E-state index contributed by atoms with van der Waals surface area (Å²) in [5.74, 6) is 0. The summed E-state index contributed by atoms with van der Waals surface area (Å²) < 4.78 is 10.0. The lowest BCUT2D eigenvalue weighted by molar-refractivity contribution is -0.0835. The molecule has 0 aliphatic carbocycles. The molecule has 2 N–H and O–H groups in total. The van der Waals surface area contributed by atoms with Gasteiger partial charge in [-0.15, -0.1) is 0 Å². The minimum Gasteiger partial charge on any atom is -0.380 e. The molecule has 0 heterocycles. The molecule has 0 aromatic heterocycles. The monoisotopic (exact) mass is 177 g/mol. The smallest absolute Gasteiger partial charge is 0.151 e. The van der Waals surface area contributed by atoms with E-state index in [0.717, 1.165) is 26.3 Å². The highest BCUT2D eigenvalue weighted by atomic mass is 16.6. The maximum Gasteiger partial charge on any atom is 0.151 e. The van der Waals surface area contributed by atoms with Crippen molar-refractivity contribution in [3.63, 3.8) is 0 Å². The van der Waals surface area contributed by atoms with Crippen molar-refractivity contribution in [3.8, 4) is 0 Å². The Morgan fingerprint density at radius 2 is 2.00 bits per heavy atom. The number of nitrogens with one attached hydrogen (secondary N) is 1. The molecular weight excluding hydrogens is 158 g/mol. The van der Waals surface area contributed by atoms with Gasteiger partial charge in [0.2, 0.25) is 0 Å². The number of hydrogen-bond acceptors (Lipinski definition) is 4. The Labute approximate surface area is 73.9 Å². The Hall–Kier alpha value is -0.160. The van der Waals surface area contributed by atoms with E-state index in [0.29, 0.717) is 6.61 Å². The van der Waals surface area contributed by atoms with Crippen LogP contribution in [0.5, 0.6) is 0 Å². The van der Waals surface area contributed by atoms with E-state index >= 15 is 0 Å². The van der Waals surface area contributed by atoms with Gasteiger partial charge in [-0.3, -0.25) is 0 Å². The highest BCUT2D eigenvalue weighted by molar-refractivity contribution is 4.44. The van der Waals surface area contributed by atoms with E-state index in [4.69, 9.17) is 14.6 Å². The summed E-state index contributed by atoms with van der Waals surface area (Å²) in [4.78, 5) is 0. The third-order valence-corrected chi connectivity index (χ3v) is 1.27. The maximum absolute atomic E-state index is 8.72. The van der Waals surface area contributed by atoms with Crippen molar-refractivity contribution >= 4 is 0 Å². The molecule has 12 heavy (non-hydrogen) atoms. The van der Waals surface area contributed by atoms with Crippen LogP contribution in [-0.4, -0.2) is 44.3 Å². The molecule has 0 spiro atoms. The van der Waals surface area contributed by atoms with Crippen LogP contribution in [0.4, 0.5) is 0 Å². The van der Waals surface area contributed by atoms with Crippen LogP contribution >= 0.6 is 0 Å². The zero-order chi connectivity index (χ0) is 9.23. The molecule has 0 aliphatic rings. The molecule has 0 aromatic carbocycles. The number of ether oxygens (including phenoxy) is 2. The largest absolute Gasteiger partial charge is 0.380 e. The second-order valence-electron chi connectivity index (χ2n) is 2.42. The third-order valence-electron chi connectivity index (χ3n) is 1.27. The molecule has 0 fully saturated rings. The van der Waals surface area contributed by atoms with Gasteiger partial charge in [-0.05, 0) is 13.8 Å². The van der Waals surface area contributed by atoms with Crippen LogP contribution in [-0.2, 0) is 9.47 Å². The molecule has 1 unspecified atom stereocenters. The lowest BCUT2D eigenvalue weighted by Crippen LogP contribution is -2.25. The van der Waals surface area contributed by atoms with E-state index in [9.17, 15) is 0 Å². The normalized spacial score (nSPS) is 13.2. The molecule has 0 bridgehead atoms. The summed E-state index contributed by atoms with van der Waals surface area (Å²) >= 11 is 0. The first-order chi connectivity index (χ1) is 5.77. The van der Waals surface area contributed by atoms with Crippen molar-refractivity contribution in [2.45, 2.75) is 20.1 Å². The first kappa shape index (κ1) is 11.8. The molecule has 1 atom stereocenters. The van der Waals surface area contributed by atoms with Crippen molar-refractivity contribution in [2.24, 2.45) is 0 Å². The molecule has 0 saturated carbocycles. The summed E-state index contributed by atoms with van der Waals surface area (Å²) in [6, 6.07) is 0. The van der Waals surface area contributed by atoms with Gasteiger partial charge >= 0.3 is 0 Å². The fourth-order valence-electron chi connectivity index (χ4n) is 0.715. The molecule has 0 aromatic rings. The average Bonchev–Trinajstić information content (AvgIpc) is 2.02. The Morgan fingerprint density at radius 1 is 1.33 bits per heavy atom. The summed E-state index contributed by atoms with van der Waals surface area (Å²) in [5, 5.41) is 11.8. The quantitative estimate of drug-likeness (QED) is 0.404. The molecule has 0 rings (SSSR count). The van der Waals surface area contributed by atoms with Crippen LogP contribution < -0.4 is 5.32 Å². The molecule has 4 heteroatoms. The fraction of sp³-hybridized carbons (Fsp3) is 1.00. The summed E-state index contributed by atoms with van der Waals surface area (Å²) in [7, 11) is 0. The molecule has 0 amide bonds. The molecule has 0 saturated heterocycles. The van der Waals surface area contributed by atoms with E-state index in [1.54, 1.807) is 6.92 Å². The summed E-state index contributed by atoms with van der Waals surface area (Å²) in [5.41, 5.74) is 0. The van der Waals surface area contributed by atoms with Gasteiger partial charge < -0.3 is 19.9 Å². The topological polar surface area (TPSA) is 50.7 Å². The molecule has 0 aliphatic heterocycles. The summed E-state index contributed by atoms with van der Waals surface area (Å²) in [6.45, 7) is 7.16. The highest BCUT2D eigenvalue weighted by Gasteiger charge is 1.92. The van der Waals surface area contributed by atoms with Crippen molar-refractivity contribution < 1.29 is 14.6 Å². The van der Waals surface area contributed by atoms with Gasteiger partial charge in [0.25, 0.3) is 0 Å². The zero-order valence-corrected chi connectivity index (χ0v) is 7.88. The van der Waals surface area contributed by atoms with Crippen LogP contribution in [0.1, 0.15) is 13.8 Å². The van der Waals surface area contributed by atoms with Gasteiger partial charge in [0.05, 0.1) is 13.2 Å². The first-order valence-corrected chi connectivity index (χ1v) is 4.35. The van der Waals surface area contributed by atoms with Gasteiger partial charge in [-0.25, -0.2) is 0 Å². The Kier molecular flexibility index (Phi) is 8.81. The second-order valence-corrected chi connectivity index (χ2v) is 2.42. The molecule has 74 valence electrons. The third kappa shape index (κ3) is 9.84. The second kappa shape index (κ2) is 8.93. The van der Waals surface area contributed by atoms with Gasteiger partial charge in [0.1, 0.15) is 0 Å². The van der Waals surface area contributed by atoms with E-state index in [-0.39, 0.29) is 0 Å². The number of aliphatic hydroxyl groups is 1. The van der Waals surface area contributed by atoms with E-state index < -0.39 is 6.29 Å². The van der Waals surface area contributed by atoms with Gasteiger partial charge in [-0.1, -0.05) is 0 Å². The standard InChI is InChI=1S/C8H19NO3/c1-3-11-6-4-9-5-7-12-8(2)10/h8-10H,3-7H2,1-2H3. The minimum atomic E-state index is -0.668. The van der Waals surface area contributed by atoms with Crippen molar-refractivity contribution in [2.75, 3.05) is 32.9 Å². The van der Waals surface area contributed by atoms with E-state index in [1.165, 1.54) is 0 Å². The van der Waals surface area contributed by atoms with Crippen molar-refractivity contribution in [1.29, 1.82) is 0 Å². The Balaban J connectivity index is 2.82. The predicted octanol–water partition coefficient (Wildman–Crippen LogP) is -0.0326. The minimum absolute atomic E-state index is 0.532. The zero-order valence-electron chi connectivity index (χ0n) is 7.88. The fourth-order valence-corrected chi connectivity index (χ4v) is 0.715. The van der Waals surface area contributed by atoms with Crippen LogP contribution in [0, 0.1) is 0 Å². The maximum atomic E-state index is 8.72. The molecule has 0 radical (unpaired) electrons. The van der Waals surface area contributed by atoms with Crippen LogP contribution in [0.25, 0.3) is 0 Å². The summed E-state index contributed by atoms with van der Waals surface area (Å²) in [6.07, 6.45) is -0.668. The SMILES string of the molecule is CCOCCNCCOC(C)O. The van der Waals surface area contributed by atoms with Crippen LogP contribution in [0.2, 0.25) is 0 Å². The van der Waals surface area contributed by atoms with Crippen molar-refractivity contribution in [3.05, 3.63) is 0 Å². The van der Waals surface area contributed by atoms with E-state index in [2.05, 4.69) is 5.32 Å². The number of rotatable bonds is 8. The Morgan fingerprint density at radius 3 is 2.58 bits per heavy atom.